The molecule has 5 atom stereocenters. The van der Waals surface area contributed by atoms with Crippen LogP contribution in [-0.4, -0.2) is 96.7 Å². The molecule has 0 aliphatic carbocycles. The summed E-state index contributed by atoms with van der Waals surface area (Å²) < 4.78 is 68.7. The maximum Gasteiger partial charge on any atom is 0.472 e. The summed E-state index contributed by atoms with van der Waals surface area (Å²) in [5.74, 6) is -1.32. The van der Waals surface area contributed by atoms with E-state index >= 15 is 0 Å². The van der Waals surface area contributed by atoms with Gasteiger partial charge in [-0.05, 0) is 31.6 Å². The lowest BCUT2D eigenvalue weighted by Crippen LogP contribution is -2.30. The maximum absolute atomic E-state index is 13.1. The number of ether oxygens (including phenoxy) is 4. The first-order valence-corrected chi connectivity index (χ1v) is 46.6. The van der Waals surface area contributed by atoms with Gasteiger partial charge in [-0.3, -0.25) is 37.3 Å². The highest BCUT2D eigenvalue weighted by molar-refractivity contribution is 7.47. The molecule has 0 aromatic heterocycles. The van der Waals surface area contributed by atoms with Gasteiger partial charge in [-0.1, -0.05) is 401 Å². The van der Waals surface area contributed by atoms with Crippen molar-refractivity contribution in [3.63, 3.8) is 0 Å². The fourth-order valence-corrected chi connectivity index (χ4v) is 14.7. The van der Waals surface area contributed by atoms with Crippen LogP contribution in [0.1, 0.15) is 452 Å². The molecular weight excluding hydrogens is 1340 g/mol. The average molecular weight is 1510 g/mol. The SMILES string of the molecule is CCCCCCCCCCCCCCCCCCCCCCCCC(=O)O[C@H](COC(=O)CCCCCCCCCCCCCCCCCCCC)COP(=O)(O)OC[C@@H](O)COP(=O)(O)OC[C@@H](COC(=O)CCCCCCCCC)OC(=O)CCCCCCCCCCCCCCCC(C)C. The lowest BCUT2D eigenvalue weighted by atomic mass is 10.0. The molecular formula is C84H164O17P2. The molecule has 0 radical (unpaired) electrons. The molecule has 103 heavy (non-hydrogen) atoms. The Labute approximate surface area is 632 Å². The average Bonchev–Trinajstić information content (AvgIpc) is 0.914. The van der Waals surface area contributed by atoms with Crippen LogP contribution in [0.4, 0.5) is 0 Å². The van der Waals surface area contributed by atoms with Crippen molar-refractivity contribution in [2.45, 2.75) is 470 Å². The number of aliphatic hydroxyl groups excluding tert-OH is 1. The molecule has 0 aliphatic rings. The van der Waals surface area contributed by atoms with Crippen molar-refractivity contribution in [1.29, 1.82) is 0 Å². The predicted octanol–water partition coefficient (Wildman–Crippen LogP) is 25.6. The van der Waals surface area contributed by atoms with Crippen molar-refractivity contribution < 1.29 is 80.2 Å². The molecule has 0 aliphatic heterocycles. The van der Waals surface area contributed by atoms with E-state index < -0.39 is 97.5 Å². The maximum atomic E-state index is 13.1. The van der Waals surface area contributed by atoms with Crippen LogP contribution >= 0.6 is 15.6 Å². The number of carbonyl (C=O) groups is 4. The zero-order valence-corrected chi connectivity index (χ0v) is 69.3. The molecule has 0 bridgehead atoms. The van der Waals surface area contributed by atoms with Crippen LogP contribution in [0.2, 0.25) is 0 Å². The van der Waals surface area contributed by atoms with Gasteiger partial charge in [0.05, 0.1) is 26.4 Å². The Morgan fingerprint density at radius 3 is 0.660 bits per heavy atom. The van der Waals surface area contributed by atoms with Crippen molar-refractivity contribution in [2.24, 2.45) is 5.92 Å². The minimum atomic E-state index is -4.96. The summed E-state index contributed by atoms with van der Waals surface area (Å²) in [4.78, 5) is 73.0. The van der Waals surface area contributed by atoms with Crippen LogP contribution in [0.15, 0.2) is 0 Å². The van der Waals surface area contributed by atoms with Gasteiger partial charge in [0.25, 0.3) is 0 Å². The molecule has 0 saturated carbocycles. The summed E-state index contributed by atoms with van der Waals surface area (Å²) in [6, 6.07) is 0. The number of hydrogen-bond donors (Lipinski definition) is 3. The molecule has 0 rings (SSSR count). The van der Waals surface area contributed by atoms with Gasteiger partial charge in [-0.15, -0.1) is 0 Å². The predicted molar refractivity (Wildman–Crippen MR) is 423 cm³/mol. The van der Waals surface area contributed by atoms with E-state index in [0.717, 1.165) is 109 Å². The zero-order valence-electron chi connectivity index (χ0n) is 67.5. The van der Waals surface area contributed by atoms with Gasteiger partial charge in [-0.25, -0.2) is 9.13 Å². The van der Waals surface area contributed by atoms with Gasteiger partial charge in [-0.2, -0.15) is 0 Å². The highest BCUT2D eigenvalue weighted by Crippen LogP contribution is 2.45. The first-order valence-electron chi connectivity index (χ1n) is 43.6. The van der Waals surface area contributed by atoms with Gasteiger partial charge >= 0.3 is 39.5 Å². The summed E-state index contributed by atoms with van der Waals surface area (Å²) in [6.07, 6.45) is 69.7. The minimum Gasteiger partial charge on any atom is -0.462 e. The lowest BCUT2D eigenvalue weighted by Gasteiger charge is -2.21. The van der Waals surface area contributed by atoms with E-state index in [-0.39, 0.29) is 25.7 Å². The molecule has 0 aromatic carbocycles. The number of aliphatic hydroxyl groups is 1. The molecule has 17 nitrogen and oxygen atoms in total. The van der Waals surface area contributed by atoms with Crippen molar-refractivity contribution in [3.05, 3.63) is 0 Å². The Balaban J connectivity index is 5.16. The van der Waals surface area contributed by atoms with E-state index in [1.165, 1.54) is 263 Å². The van der Waals surface area contributed by atoms with E-state index in [1.807, 2.05) is 0 Å². The number of carbonyl (C=O) groups excluding carboxylic acids is 4. The highest BCUT2D eigenvalue weighted by Gasteiger charge is 2.30. The Hall–Kier alpha value is -1.94. The molecule has 0 saturated heterocycles. The molecule has 0 aromatic rings. The topological polar surface area (TPSA) is 237 Å². The van der Waals surface area contributed by atoms with Crippen molar-refractivity contribution in [2.75, 3.05) is 39.6 Å². The summed E-state index contributed by atoms with van der Waals surface area (Å²) in [5, 5.41) is 10.6. The van der Waals surface area contributed by atoms with Crippen molar-refractivity contribution in [1.82, 2.24) is 0 Å². The van der Waals surface area contributed by atoms with Crippen LogP contribution in [0.25, 0.3) is 0 Å². The Bertz CT molecular complexity index is 1960. The molecule has 19 heteroatoms. The second-order valence-electron chi connectivity index (χ2n) is 30.7. The van der Waals surface area contributed by atoms with Crippen LogP contribution in [0.3, 0.4) is 0 Å². The Kier molecular flexibility index (Phi) is 75.4. The van der Waals surface area contributed by atoms with Crippen LogP contribution in [0.5, 0.6) is 0 Å². The van der Waals surface area contributed by atoms with Crippen LogP contribution in [-0.2, 0) is 65.4 Å². The normalized spacial score (nSPS) is 13.8. The van der Waals surface area contributed by atoms with E-state index in [1.54, 1.807) is 0 Å². The van der Waals surface area contributed by atoms with E-state index in [4.69, 9.17) is 37.0 Å². The molecule has 0 spiro atoms. The fourth-order valence-electron chi connectivity index (χ4n) is 13.1. The van der Waals surface area contributed by atoms with E-state index in [2.05, 4.69) is 34.6 Å². The number of hydrogen-bond acceptors (Lipinski definition) is 15. The monoisotopic (exact) mass is 1510 g/mol. The smallest absolute Gasteiger partial charge is 0.462 e. The number of unbranched alkanes of at least 4 members (excludes halogenated alkanes) is 56. The summed E-state index contributed by atoms with van der Waals surface area (Å²) in [6.45, 7) is 7.32. The molecule has 3 N–H and O–H groups in total. The standard InChI is InChI=1S/C84H164O17P2/c1-6-9-12-15-18-20-22-24-26-28-30-31-32-33-35-37-41-45-49-54-59-64-69-84(89)101-80(74-95-82(87)68-63-58-53-48-44-40-36-34-29-27-25-23-21-19-16-13-10-7-2)76-99-103(92,93)97-72-78(85)71-96-102(90,91)98-75-79(73-94-81(86)67-62-57-51-17-14-11-8-3)100-83(88)70-65-60-55-50-46-42-38-39-43-47-52-56-61-66-77(4)5/h77-80,85H,6-76H2,1-5H3,(H,90,91)(H,92,93)/t78-,79+,80+/m0/s1. The van der Waals surface area contributed by atoms with Gasteiger partial charge in [0.2, 0.25) is 0 Å². The molecule has 0 amide bonds. The number of rotatable bonds is 84. The zero-order chi connectivity index (χ0) is 75.5. The third-order valence-corrected chi connectivity index (χ3v) is 21.7. The third kappa shape index (κ3) is 78.0. The second kappa shape index (κ2) is 76.8. The first kappa shape index (κ1) is 101. The summed E-state index contributed by atoms with van der Waals surface area (Å²) in [5.41, 5.74) is 0. The molecule has 612 valence electrons. The molecule has 0 fully saturated rings. The number of phosphoric ester groups is 2. The summed E-state index contributed by atoms with van der Waals surface area (Å²) >= 11 is 0. The third-order valence-electron chi connectivity index (χ3n) is 19.8. The first-order chi connectivity index (χ1) is 50.0. The van der Waals surface area contributed by atoms with Crippen molar-refractivity contribution >= 4 is 39.5 Å². The Morgan fingerprint density at radius 1 is 0.262 bits per heavy atom. The molecule has 0 heterocycles. The Morgan fingerprint density at radius 2 is 0.447 bits per heavy atom. The van der Waals surface area contributed by atoms with Crippen LogP contribution in [0, 0.1) is 5.92 Å². The number of esters is 4. The van der Waals surface area contributed by atoms with Gasteiger partial charge < -0.3 is 33.8 Å². The van der Waals surface area contributed by atoms with Gasteiger partial charge in [0.1, 0.15) is 19.3 Å². The quantitative estimate of drug-likeness (QED) is 0.0222. The largest absolute Gasteiger partial charge is 0.472 e. The van der Waals surface area contributed by atoms with Crippen LogP contribution < -0.4 is 0 Å². The van der Waals surface area contributed by atoms with E-state index in [9.17, 15) is 43.2 Å². The molecule has 2 unspecified atom stereocenters. The second-order valence-corrected chi connectivity index (χ2v) is 33.6. The minimum absolute atomic E-state index is 0.107. The number of phosphoric acid groups is 2. The lowest BCUT2D eigenvalue weighted by molar-refractivity contribution is -0.161. The van der Waals surface area contributed by atoms with Gasteiger partial charge in [0, 0.05) is 25.7 Å². The highest BCUT2D eigenvalue weighted by atomic mass is 31.2. The van der Waals surface area contributed by atoms with Gasteiger partial charge in [0.15, 0.2) is 12.2 Å². The van der Waals surface area contributed by atoms with E-state index in [0.29, 0.717) is 25.7 Å². The van der Waals surface area contributed by atoms with Crippen molar-refractivity contribution in [3.8, 4) is 0 Å². The fraction of sp³-hybridized carbons (Fsp3) is 0.952. The summed E-state index contributed by atoms with van der Waals surface area (Å²) in [7, 11) is -9.92.